The van der Waals surface area contributed by atoms with Gasteiger partial charge in [-0.2, -0.15) is 5.48 Å². The highest BCUT2D eigenvalue weighted by Crippen LogP contribution is 2.27. The fourth-order valence-corrected chi connectivity index (χ4v) is 3.77. The first-order chi connectivity index (χ1) is 14.3. The molecule has 1 amide bonds. The highest BCUT2D eigenvalue weighted by Gasteiger charge is 2.27. The van der Waals surface area contributed by atoms with Crippen molar-refractivity contribution in [3.63, 3.8) is 0 Å². The van der Waals surface area contributed by atoms with Crippen molar-refractivity contribution in [1.82, 2.24) is 5.48 Å². The molecule has 30 heavy (non-hydrogen) atoms. The van der Waals surface area contributed by atoms with Crippen molar-refractivity contribution in [2.75, 3.05) is 11.9 Å². The number of nitrogens with two attached hydrogens (primary N) is 1. The number of anilines is 1. The van der Waals surface area contributed by atoms with Crippen molar-refractivity contribution in [1.29, 1.82) is 0 Å². The van der Waals surface area contributed by atoms with E-state index in [4.69, 9.17) is 9.98 Å². The molecule has 3 aromatic carbocycles. The summed E-state index contributed by atoms with van der Waals surface area (Å²) < 4.78 is 23.5. The van der Waals surface area contributed by atoms with Gasteiger partial charge in [-0.1, -0.05) is 54.6 Å². The first kappa shape index (κ1) is 21.4. The lowest BCUT2D eigenvalue weighted by atomic mass is 10.0. The molecule has 0 radical (unpaired) electrons. The average Bonchev–Trinajstić information content (AvgIpc) is 2.72. The number of nitrogens with zero attached hydrogens (tertiary/aromatic N) is 1. The molecule has 3 aromatic rings. The number of primary sulfonamides is 1. The van der Waals surface area contributed by atoms with Crippen LogP contribution in [0.15, 0.2) is 83.8 Å². The predicted molar refractivity (Wildman–Crippen MR) is 115 cm³/mol. The van der Waals surface area contributed by atoms with Gasteiger partial charge in [0.25, 0.3) is 5.91 Å². The van der Waals surface area contributed by atoms with E-state index < -0.39 is 22.0 Å². The third-order valence-electron chi connectivity index (χ3n) is 4.58. The zero-order chi connectivity index (χ0) is 21.7. The van der Waals surface area contributed by atoms with Crippen LogP contribution in [0.2, 0.25) is 0 Å². The maximum Gasteiger partial charge on any atom is 0.279 e. The van der Waals surface area contributed by atoms with Gasteiger partial charge in [0.15, 0.2) is 5.75 Å². The number of hydroxylamine groups is 1. The van der Waals surface area contributed by atoms with E-state index in [9.17, 15) is 13.2 Å². The molecule has 0 spiro atoms. The maximum atomic E-state index is 13.1. The maximum absolute atomic E-state index is 13.1. The van der Waals surface area contributed by atoms with E-state index in [1.54, 1.807) is 6.07 Å². The molecule has 0 bridgehead atoms. The van der Waals surface area contributed by atoms with Crippen LogP contribution in [0, 0.1) is 6.92 Å². The summed E-state index contributed by atoms with van der Waals surface area (Å²) in [6.07, 6.45) is 0. The molecule has 0 aliphatic heterocycles. The summed E-state index contributed by atoms with van der Waals surface area (Å²) >= 11 is 0. The summed E-state index contributed by atoms with van der Waals surface area (Å²) in [4.78, 5) is 20.1. The Morgan fingerprint density at radius 3 is 2.33 bits per heavy atom. The highest BCUT2D eigenvalue weighted by atomic mass is 32.2. The molecule has 0 aliphatic rings. The number of rotatable bonds is 7. The van der Waals surface area contributed by atoms with Crippen LogP contribution >= 0.6 is 0 Å². The number of aryl methyl sites for hydroxylation is 1. The fraction of sp³-hybridized carbons (Fsp3) is 0.136. The minimum absolute atomic E-state index is 0.0571. The van der Waals surface area contributed by atoms with E-state index in [0.29, 0.717) is 0 Å². The smallest absolute Gasteiger partial charge is 0.279 e. The Morgan fingerprint density at radius 1 is 1.00 bits per heavy atom. The molecule has 7 nitrogen and oxygen atoms in total. The van der Waals surface area contributed by atoms with Gasteiger partial charge in [-0.15, -0.1) is 0 Å². The van der Waals surface area contributed by atoms with Crippen LogP contribution < -0.4 is 20.4 Å². The van der Waals surface area contributed by atoms with Crippen molar-refractivity contribution in [2.24, 2.45) is 5.14 Å². The largest absolute Gasteiger partial charge is 0.378 e. The Balaban J connectivity index is 1.89. The molecule has 1 atom stereocenters. The molecule has 0 aliphatic carbocycles. The minimum Gasteiger partial charge on any atom is -0.378 e. The Hall–Kier alpha value is -3.36. The third-order valence-corrected chi connectivity index (χ3v) is 5.53. The third kappa shape index (κ3) is 4.97. The lowest BCUT2D eigenvalue weighted by Gasteiger charge is -2.29. The molecule has 0 heterocycles. The van der Waals surface area contributed by atoms with Gasteiger partial charge in [0, 0.05) is 12.7 Å². The standard InChI is InChI=1S/C22H23N3O4S/c1-16-9-8-12-18(15-16)25(2)21(17-10-4-3-5-11-17)22(26)24-29-19-13-6-7-14-20(19)30(23,27)28/h3-15,21H,1-2H3,(H,24,26)(H2,23,27,28). The molecular weight excluding hydrogens is 402 g/mol. The minimum atomic E-state index is -4.00. The summed E-state index contributed by atoms with van der Waals surface area (Å²) in [5.41, 5.74) is 5.04. The number of benzene rings is 3. The summed E-state index contributed by atoms with van der Waals surface area (Å²) in [7, 11) is -2.19. The van der Waals surface area contributed by atoms with E-state index >= 15 is 0 Å². The van der Waals surface area contributed by atoms with Crippen LogP contribution in [0.5, 0.6) is 5.75 Å². The summed E-state index contributed by atoms with van der Waals surface area (Å²) in [5, 5.41) is 5.22. The molecule has 3 rings (SSSR count). The Kier molecular flexibility index (Phi) is 6.39. The number of para-hydroxylation sites is 1. The molecule has 0 aromatic heterocycles. The van der Waals surface area contributed by atoms with Crippen molar-refractivity contribution in [2.45, 2.75) is 17.9 Å². The molecule has 8 heteroatoms. The summed E-state index contributed by atoms with van der Waals surface area (Å²) in [5.74, 6) is -0.521. The second-order valence-electron chi connectivity index (χ2n) is 6.82. The van der Waals surface area contributed by atoms with E-state index in [0.717, 1.165) is 16.8 Å². The zero-order valence-electron chi connectivity index (χ0n) is 16.6. The normalized spacial score (nSPS) is 12.1. The van der Waals surface area contributed by atoms with Gasteiger partial charge in [-0.3, -0.25) is 4.79 Å². The van der Waals surface area contributed by atoms with Crippen molar-refractivity contribution in [3.05, 3.63) is 90.0 Å². The molecule has 3 N–H and O–H groups in total. The molecule has 1 unspecified atom stereocenters. The van der Waals surface area contributed by atoms with Gasteiger partial charge in [-0.05, 0) is 42.3 Å². The molecule has 0 fully saturated rings. The average molecular weight is 426 g/mol. The Morgan fingerprint density at radius 2 is 1.67 bits per heavy atom. The van der Waals surface area contributed by atoms with E-state index in [-0.39, 0.29) is 10.6 Å². The second-order valence-corrected chi connectivity index (χ2v) is 8.35. The molecular formula is C22H23N3O4S. The Labute approximate surface area is 176 Å². The number of nitrogens with one attached hydrogen (secondary N) is 1. The van der Waals surface area contributed by atoms with Gasteiger partial charge in [0.1, 0.15) is 10.9 Å². The number of amides is 1. The van der Waals surface area contributed by atoms with Crippen molar-refractivity contribution in [3.8, 4) is 5.75 Å². The number of hydrogen-bond donors (Lipinski definition) is 2. The SMILES string of the molecule is Cc1cccc(N(C)C(C(=O)NOc2ccccc2S(N)(=O)=O)c2ccccc2)c1. The molecule has 0 saturated heterocycles. The number of carbonyl (C=O) groups is 1. The number of likely N-dealkylation sites (N-methyl/N-ethyl adjacent to an activating group) is 1. The van der Waals surface area contributed by atoms with Crippen LogP contribution in [0.4, 0.5) is 5.69 Å². The van der Waals surface area contributed by atoms with Gasteiger partial charge in [0.2, 0.25) is 10.0 Å². The summed E-state index contributed by atoms with van der Waals surface area (Å²) in [6, 6.07) is 22.1. The van der Waals surface area contributed by atoms with Crippen LogP contribution in [0.1, 0.15) is 17.2 Å². The van der Waals surface area contributed by atoms with Gasteiger partial charge in [0.05, 0.1) is 0 Å². The number of sulfonamides is 1. The highest BCUT2D eigenvalue weighted by molar-refractivity contribution is 7.89. The van der Waals surface area contributed by atoms with Crippen molar-refractivity contribution < 1.29 is 18.0 Å². The van der Waals surface area contributed by atoms with Crippen LogP contribution in [0.3, 0.4) is 0 Å². The first-order valence-corrected chi connectivity index (χ1v) is 10.7. The lowest BCUT2D eigenvalue weighted by Crippen LogP contribution is -2.40. The van der Waals surface area contributed by atoms with Crippen molar-refractivity contribution >= 4 is 21.6 Å². The zero-order valence-corrected chi connectivity index (χ0v) is 17.5. The first-order valence-electron chi connectivity index (χ1n) is 9.20. The lowest BCUT2D eigenvalue weighted by molar-refractivity contribution is -0.129. The fourth-order valence-electron chi connectivity index (χ4n) is 3.11. The van der Waals surface area contributed by atoms with E-state index in [2.05, 4.69) is 5.48 Å². The second kappa shape index (κ2) is 8.98. The van der Waals surface area contributed by atoms with Crippen LogP contribution in [0.25, 0.3) is 0 Å². The number of carbonyl (C=O) groups excluding carboxylic acids is 1. The Bertz CT molecular complexity index is 1130. The van der Waals surface area contributed by atoms with E-state index in [1.165, 1.54) is 18.2 Å². The van der Waals surface area contributed by atoms with E-state index in [1.807, 2.05) is 73.5 Å². The molecule has 0 saturated carbocycles. The van der Waals surface area contributed by atoms with Gasteiger partial charge >= 0.3 is 0 Å². The van der Waals surface area contributed by atoms with Gasteiger partial charge < -0.3 is 9.74 Å². The van der Waals surface area contributed by atoms with Crippen LogP contribution in [-0.2, 0) is 14.8 Å². The molecule has 156 valence electrons. The monoisotopic (exact) mass is 425 g/mol. The van der Waals surface area contributed by atoms with Gasteiger partial charge in [-0.25, -0.2) is 13.6 Å². The number of hydrogen-bond acceptors (Lipinski definition) is 5. The summed E-state index contributed by atoms with van der Waals surface area (Å²) in [6.45, 7) is 1.97. The quantitative estimate of drug-likeness (QED) is 0.567. The topological polar surface area (TPSA) is 102 Å². The predicted octanol–water partition coefficient (Wildman–Crippen LogP) is 2.93. The van der Waals surface area contributed by atoms with Crippen LogP contribution in [-0.4, -0.2) is 21.4 Å².